The van der Waals surface area contributed by atoms with Crippen LogP contribution in [0.15, 0.2) is 36.9 Å². The zero-order valence-corrected chi connectivity index (χ0v) is 19.7. The summed E-state index contributed by atoms with van der Waals surface area (Å²) in [6.07, 6.45) is 9.42. The molecule has 7 nitrogen and oxygen atoms in total. The summed E-state index contributed by atoms with van der Waals surface area (Å²) in [5, 5.41) is 34.1. The number of aryl methyl sites for hydroxylation is 1. The average molecular weight is 455 g/mol. The molecule has 1 atom stereocenters. The molecule has 0 radical (unpaired) electrons. The minimum Gasteiger partial charge on any atom is -0.508 e. The van der Waals surface area contributed by atoms with Gasteiger partial charge in [0, 0.05) is 19.1 Å². The largest absolute Gasteiger partial charge is 0.508 e. The smallest absolute Gasteiger partial charge is 0.330 e. The van der Waals surface area contributed by atoms with Crippen LogP contribution in [0.5, 0.6) is 5.75 Å². The molecule has 1 rings (SSSR count). The lowest BCUT2D eigenvalue weighted by Gasteiger charge is -2.03. The summed E-state index contributed by atoms with van der Waals surface area (Å²) in [5.74, 6) is -0.733. The van der Waals surface area contributed by atoms with E-state index >= 15 is 0 Å². The Bertz CT molecular complexity index is 584. The van der Waals surface area contributed by atoms with Crippen LogP contribution in [-0.2, 0) is 20.7 Å². The van der Waals surface area contributed by atoms with E-state index in [-0.39, 0.29) is 18.7 Å². The number of aliphatic hydroxyl groups is 2. The molecule has 7 heteroatoms. The molecule has 1 unspecified atom stereocenters. The predicted molar refractivity (Wildman–Crippen MR) is 127 cm³/mol. The maximum Gasteiger partial charge on any atom is 0.330 e. The Morgan fingerprint density at radius 2 is 1.69 bits per heavy atom. The van der Waals surface area contributed by atoms with Crippen LogP contribution in [0.25, 0.3) is 0 Å². The Hall–Kier alpha value is -2.38. The highest BCUT2D eigenvalue weighted by Gasteiger charge is 1.97. The second kappa shape index (κ2) is 23.3. The molecule has 184 valence electrons. The highest BCUT2D eigenvalue weighted by atomic mass is 16.5. The van der Waals surface area contributed by atoms with Crippen LogP contribution < -0.4 is 0 Å². The van der Waals surface area contributed by atoms with Crippen molar-refractivity contribution in [3.63, 3.8) is 0 Å². The van der Waals surface area contributed by atoms with Crippen LogP contribution in [0.3, 0.4) is 0 Å². The number of aliphatic hydroxyl groups excluding tert-OH is 2. The average Bonchev–Trinajstić information content (AvgIpc) is 2.79. The maximum absolute atomic E-state index is 10.8. The molecule has 0 aromatic heterocycles. The molecular formula is C25H42O7. The van der Waals surface area contributed by atoms with E-state index in [2.05, 4.69) is 6.58 Å². The number of aromatic hydroxyl groups is 1. The highest BCUT2D eigenvalue weighted by molar-refractivity contribution is 5.81. The number of carbonyl (C=O) groups is 2. The van der Waals surface area contributed by atoms with E-state index in [0.717, 1.165) is 51.4 Å². The minimum absolute atomic E-state index is 0.0923. The summed E-state index contributed by atoms with van der Waals surface area (Å²) in [5.41, 5.74) is 1.24. The fourth-order valence-corrected chi connectivity index (χ4v) is 2.36. The zero-order chi connectivity index (χ0) is 24.6. The molecule has 0 aliphatic heterocycles. The number of hydrogen-bond donors (Lipinski definition) is 4. The van der Waals surface area contributed by atoms with Crippen molar-refractivity contribution in [2.24, 2.45) is 0 Å². The van der Waals surface area contributed by atoms with Gasteiger partial charge in [0.2, 0.25) is 0 Å². The second-order valence-corrected chi connectivity index (χ2v) is 7.27. The van der Waals surface area contributed by atoms with Crippen molar-refractivity contribution in [2.75, 3.05) is 13.2 Å². The fourth-order valence-electron chi connectivity index (χ4n) is 2.36. The quantitative estimate of drug-likeness (QED) is 0.184. The van der Waals surface area contributed by atoms with Gasteiger partial charge in [0.25, 0.3) is 0 Å². The standard InChI is InChI=1S/C15H20O3.C5H12O2.C5H10O2/c1-2-15(17)18-12-6-4-3-5-7-13-8-10-14(16)11-9-13;1-2-5(7)3-4-6;1-2-3-4-5(6)7/h2,8-11,16H,1,3-7,12H2;5-7H,2-4H2,1H3;2-4H2,1H3,(H,6,7). The molecule has 0 fully saturated rings. The summed E-state index contributed by atoms with van der Waals surface area (Å²) >= 11 is 0. The van der Waals surface area contributed by atoms with Gasteiger partial charge in [-0.2, -0.15) is 0 Å². The molecule has 0 saturated heterocycles. The van der Waals surface area contributed by atoms with E-state index in [1.54, 1.807) is 12.1 Å². The van der Waals surface area contributed by atoms with Gasteiger partial charge in [-0.25, -0.2) is 4.79 Å². The number of unbranched alkanes of at least 4 members (excludes halogenated alkanes) is 4. The van der Waals surface area contributed by atoms with E-state index in [9.17, 15) is 9.59 Å². The van der Waals surface area contributed by atoms with Gasteiger partial charge in [0.15, 0.2) is 0 Å². The number of benzene rings is 1. The van der Waals surface area contributed by atoms with E-state index < -0.39 is 5.97 Å². The van der Waals surface area contributed by atoms with E-state index in [1.165, 1.54) is 11.6 Å². The van der Waals surface area contributed by atoms with Gasteiger partial charge in [0.1, 0.15) is 5.75 Å². The first-order valence-electron chi connectivity index (χ1n) is 11.4. The summed E-state index contributed by atoms with van der Waals surface area (Å²) in [4.78, 5) is 20.5. The zero-order valence-electron chi connectivity index (χ0n) is 19.7. The Kier molecular flexibility index (Phi) is 23.1. The molecule has 1 aromatic rings. The van der Waals surface area contributed by atoms with E-state index in [4.69, 9.17) is 25.2 Å². The van der Waals surface area contributed by atoms with Crippen LogP contribution in [0.1, 0.15) is 77.2 Å². The SMILES string of the molecule is C=CC(=O)OCCCCCCc1ccc(O)cc1.CCC(O)CCO.CCCCC(=O)O. The van der Waals surface area contributed by atoms with Gasteiger partial charge in [-0.15, -0.1) is 0 Å². The van der Waals surface area contributed by atoms with Crippen molar-refractivity contribution in [3.8, 4) is 5.75 Å². The Morgan fingerprint density at radius 3 is 2.12 bits per heavy atom. The number of phenolic OH excluding ortho intramolecular Hbond substituents is 1. The minimum atomic E-state index is -0.693. The summed E-state index contributed by atoms with van der Waals surface area (Å²) < 4.78 is 4.88. The van der Waals surface area contributed by atoms with Crippen molar-refractivity contribution in [1.29, 1.82) is 0 Å². The van der Waals surface area contributed by atoms with Crippen molar-refractivity contribution in [3.05, 3.63) is 42.5 Å². The van der Waals surface area contributed by atoms with Gasteiger partial charge < -0.3 is 25.2 Å². The summed E-state index contributed by atoms with van der Waals surface area (Å²) in [6, 6.07) is 7.32. The van der Waals surface area contributed by atoms with Crippen molar-refractivity contribution in [1.82, 2.24) is 0 Å². The van der Waals surface area contributed by atoms with Crippen LogP contribution in [-0.4, -0.2) is 51.7 Å². The predicted octanol–water partition coefficient (Wildman–Crippen LogP) is 4.63. The number of ether oxygens (including phenoxy) is 1. The van der Waals surface area contributed by atoms with Crippen molar-refractivity contribution >= 4 is 11.9 Å². The number of phenols is 1. The number of carboxylic acid groups (broad SMARTS) is 1. The van der Waals surface area contributed by atoms with Crippen LogP contribution >= 0.6 is 0 Å². The number of aliphatic carboxylic acids is 1. The summed E-state index contributed by atoms with van der Waals surface area (Å²) in [7, 11) is 0. The first-order valence-corrected chi connectivity index (χ1v) is 11.4. The van der Waals surface area contributed by atoms with Crippen LogP contribution in [0.2, 0.25) is 0 Å². The molecule has 0 bridgehead atoms. The molecule has 0 aliphatic carbocycles. The Labute approximate surface area is 192 Å². The number of hydrogen-bond acceptors (Lipinski definition) is 6. The Morgan fingerprint density at radius 1 is 1.06 bits per heavy atom. The van der Waals surface area contributed by atoms with Gasteiger partial charge in [-0.05, 0) is 56.2 Å². The highest BCUT2D eigenvalue weighted by Crippen LogP contribution is 2.12. The first kappa shape index (κ1) is 31.8. The lowest BCUT2D eigenvalue weighted by molar-refractivity contribution is -0.138. The molecule has 0 saturated carbocycles. The topological polar surface area (TPSA) is 124 Å². The molecule has 0 aliphatic rings. The lowest BCUT2D eigenvalue weighted by Crippen LogP contribution is -2.05. The molecule has 0 heterocycles. The third kappa shape index (κ3) is 23.9. The molecular weight excluding hydrogens is 412 g/mol. The van der Waals surface area contributed by atoms with Crippen LogP contribution in [0.4, 0.5) is 0 Å². The van der Waals surface area contributed by atoms with E-state index in [0.29, 0.717) is 25.2 Å². The van der Waals surface area contributed by atoms with E-state index in [1.807, 2.05) is 26.0 Å². The molecule has 32 heavy (non-hydrogen) atoms. The second-order valence-electron chi connectivity index (χ2n) is 7.27. The molecule has 1 aromatic carbocycles. The lowest BCUT2D eigenvalue weighted by atomic mass is 10.1. The van der Waals surface area contributed by atoms with Gasteiger partial charge in [-0.3, -0.25) is 4.79 Å². The molecule has 0 amide bonds. The fraction of sp³-hybridized carbons (Fsp3) is 0.600. The number of carbonyl (C=O) groups excluding carboxylic acids is 1. The third-order valence-electron chi connectivity index (χ3n) is 4.38. The molecule has 4 N–H and O–H groups in total. The first-order chi connectivity index (χ1) is 15.3. The summed E-state index contributed by atoms with van der Waals surface area (Å²) in [6.45, 7) is 7.77. The van der Waals surface area contributed by atoms with Gasteiger partial charge in [0.05, 0.1) is 12.7 Å². The number of rotatable bonds is 14. The van der Waals surface area contributed by atoms with Gasteiger partial charge in [-0.1, -0.05) is 51.8 Å². The number of carboxylic acids is 1. The normalized spacial score (nSPS) is 10.6. The van der Waals surface area contributed by atoms with Crippen molar-refractivity contribution < 1.29 is 34.8 Å². The van der Waals surface area contributed by atoms with Crippen LogP contribution in [0, 0.1) is 0 Å². The Balaban J connectivity index is 0. The number of esters is 1. The van der Waals surface area contributed by atoms with Gasteiger partial charge >= 0.3 is 11.9 Å². The van der Waals surface area contributed by atoms with Crippen molar-refractivity contribution in [2.45, 2.75) is 84.2 Å². The maximum atomic E-state index is 10.8. The monoisotopic (exact) mass is 454 g/mol. The molecule has 0 spiro atoms. The third-order valence-corrected chi connectivity index (χ3v) is 4.38.